The maximum absolute atomic E-state index is 6.61. The molecule has 0 spiro atoms. The van der Waals surface area contributed by atoms with E-state index in [1.807, 2.05) is 109 Å². The Morgan fingerprint density at radius 2 is 0.947 bits per heavy atom. The van der Waals surface area contributed by atoms with Gasteiger partial charge in [0.05, 0.1) is 5.39 Å². The first-order valence-electron chi connectivity index (χ1n) is 18.8. The lowest BCUT2D eigenvalue weighted by Gasteiger charge is -2.11. The van der Waals surface area contributed by atoms with Gasteiger partial charge in [-0.05, 0) is 52.7 Å². The first-order valence-corrected chi connectivity index (χ1v) is 18.8. The van der Waals surface area contributed by atoms with Crippen LogP contribution in [0.25, 0.3) is 122 Å². The van der Waals surface area contributed by atoms with E-state index in [0.29, 0.717) is 34.5 Å². The van der Waals surface area contributed by atoms with Gasteiger partial charge in [0.25, 0.3) is 0 Å². The molecule has 8 aromatic carbocycles. The van der Waals surface area contributed by atoms with Gasteiger partial charge in [0.15, 0.2) is 23.1 Å². The lowest BCUT2D eigenvalue weighted by atomic mass is 9.98. The Bertz CT molecular complexity index is 3510. The molecule has 12 aromatic rings. The molecular formula is C50H28N4O3. The Balaban J connectivity index is 1.03. The van der Waals surface area contributed by atoms with Crippen molar-refractivity contribution in [3.05, 3.63) is 170 Å². The molecule has 0 unspecified atom stereocenters. The first-order chi connectivity index (χ1) is 28.2. The summed E-state index contributed by atoms with van der Waals surface area (Å²) in [6.07, 6.45) is 0. The predicted octanol–water partition coefficient (Wildman–Crippen LogP) is 13.3. The molecule has 7 nitrogen and oxygen atoms in total. The summed E-state index contributed by atoms with van der Waals surface area (Å²) in [7, 11) is 0. The summed E-state index contributed by atoms with van der Waals surface area (Å²) in [4.78, 5) is 20.2. The first kappa shape index (κ1) is 31.5. The molecule has 0 saturated heterocycles. The van der Waals surface area contributed by atoms with Gasteiger partial charge in [-0.1, -0.05) is 133 Å². The lowest BCUT2D eigenvalue weighted by molar-refractivity contribution is 0.622. The van der Waals surface area contributed by atoms with Crippen molar-refractivity contribution in [2.24, 2.45) is 0 Å². The average Bonchev–Trinajstić information content (AvgIpc) is 4.00. The Morgan fingerprint density at radius 1 is 0.316 bits per heavy atom. The number of nitrogens with zero attached hydrogens (tertiary/aromatic N) is 4. The molecule has 0 aliphatic carbocycles. The monoisotopic (exact) mass is 732 g/mol. The van der Waals surface area contributed by atoms with Gasteiger partial charge in [-0.15, -0.1) is 0 Å². The minimum atomic E-state index is 0.546. The fourth-order valence-electron chi connectivity index (χ4n) is 8.11. The van der Waals surface area contributed by atoms with Gasteiger partial charge >= 0.3 is 0 Å². The molecule has 57 heavy (non-hydrogen) atoms. The van der Waals surface area contributed by atoms with Crippen LogP contribution in [0.3, 0.4) is 0 Å². The third kappa shape index (κ3) is 4.99. The molecule has 0 saturated carbocycles. The van der Waals surface area contributed by atoms with Gasteiger partial charge in [0.1, 0.15) is 27.8 Å². The van der Waals surface area contributed by atoms with Crippen molar-refractivity contribution < 1.29 is 13.3 Å². The van der Waals surface area contributed by atoms with Crippen LogP contribution in [0.4, 0.5) is 0 Å². The number of aromatic nitrogens is 4. The normalized spacial score (nSPS) is 11.9. The van der Waals surface area contributed by atoms with E-state index in [2.05, 4.69) is 60.7 Å². The van der Waals surface area contributed by atoms with Crippen molar-refractivity contribution in [2.75, 3.05) is 0 Å². The van der Waals surface area contributed by atoms with E-state index in [4.69, 9.17) is 33.2 Å². The van der Waals surface area contributed by atoms with Crippen molar-refractivity contribution in [3.8, 4) is 56.7 Å². The molecule has 0 N–H and O–H groups in total. The van der Waals surface area contributed by atoms with Crippen LogP contribution in [0.5, 0.6) is 0 Å². The number of rotatable bonds is 5. The van der Waals surface area contributed by atoms with Crippen molar-refractivity contribution in [1.82, 2.24) is 19.9 Å². The van der Waals surface area contributed by atoms with Gasteiger partial charge in [0, 0.05) is 44.0 Å². The topological polar surface area (TPSA) is 91.0 Å². The van der Waals surface area contributed by atoms with Crippen molar-refractivity contribution in [3.63, 3.8) is 0 Å². The van der Waals surface area contributed by atoms with Crippen LogP contribution < -0.4 is 0 Å². The number of oxazole rings is 1. The Kier molecular flexibility index (Phi) is 6.79. The SMILES string of the molecule is c1ccc(-c2nc(-c3ccc(-c4cccc5c4oc4ccccc45)cc3)nc(-c3cc4oc5ccc6nc(-c7ccccc7)oc6c5c4c4ccccc34)n2)cc1. The van der Waals surface area contributed by atoms with Crippen LogP contribution in [0, 0.1) is 0 Å². The van der Waals surface area contributed by atoms with Gasteiger partial charge < -0.3 is 13.3 Å². The van der Waals surface area contributed by atoms with E-state index < -0.39 is 0 Å². The van der Waals surface area contributed by atoms with Crippen molar-refractivity contribution in [2.45, 2.75) is 0 Å². The smallest absolute Gasteiger partial charge is 0.227 e. The summed E-state index contributed by atoms with van der Waals surface area (Å²) in [6.45, 7) is 0. The fourth-order valence-corrected chi connectivity index (χ4v) is 8.11. The minimum absolute atomic E-state index is 0.546. The molecule has 0 radical (unpaired) electrons. The number of furan rings is 2. The van der Waals surface area contributed by atoms with Gasteiger partial charge in [-0.2, -0.15) is 0 Å². The molecule has 0 bridgehead atoms. The summed E-state index contributed by atoms with van der Waals surface area (Å²) in [6, 6.07) is 57.0. The quantitative estimate of drug-likeness (QED) is 0.174. The second kappa shape index (κ2) is 12.3. The summed E-state index contributed by atoms with van der Waals surface area (Å²) in [5, 5.41) is 6.03. The van der Waals surface area contributed by atoms with E-state index in [1.165, 1.54) is 0 Å². The Labute approximate surface area is 324 Å². The Hall–Kier alpha value is -7.90. The molecule has 0 fully saturated rings. The molecule has 0 aliphatic heterocycles. The molecule has 7 heteroatoms. The number of fused-ring (bicyclic) bond motifs is 10. The van der Waals surface area contributed by atoms with Crippen molar-refractivity contribution in [1.29, 1.82) is 0 Å². The maximum atomic E-state index is 6.61. The summed E-state index contributed by atoms with van der Waals surface area (Å²) in [5.74, 6) is 2.26. The molecule has 266 valence electrons. The Morgan fingerprint density at radius 3 is 1.74 bits per heavy atom. The molecular weight excluding hydrogens is 705 g/mol. The van der Waals surface area contributed by atoms with Crippen LogP contribution in [-0.4, -0.2) is 19.9 Å². The zero-order chi connectivity index (χ0) is 37.5. The summed E-state index contributed by atoms with van der Waals surface area (Å²) >= 11 is 0. The fraction of sp³-hybridized carbons (Fsp3) is 0. The summed E-state index contributed by atoms with van der Waals surface area (Å²) < 4.78 is 19.5. The summed E-state index contributed by atoms with van der Waals surface area (Å²) in [5.41, 5.74) is 10.2. The number of hydrogen-bond donors (Lipinski definition) is 0. The van der Waals surface area contributed by atoms with E-state index >= 15 is 0 Å². The number of hydrogen-bond acceptors (Lipinski definition) is 7. The van der Waals surface area contributed by atoms with Gasteiger partial charge in [-0.25, -0.2) is 19.9 Å². The molecule has 0 amide bonds. The third-order valence-corrected chi connectivity index (χ3v) is 10.8. The predicted molar refractivity (Wildman–Crippen MR) is 227 cm³/mol. The highest BCUT2D eigenvalue weighted by Crippen LogP contribution is 2.43. The molecule has 4 heterocycles. The lowest BCUT2D eigenvalue weighted by Crippen LogP contribution is -2.00. The van der Waals surface area contributed by atoms with Crippen LogP contribution in [-0.2, 0) is 0 Å². The highest BCUT2D eigenvalue weighted by atomic mass is 16.4. The second-order valence-corrected chi connectivity index (χ2v) is 14.1. The zero-order valence-corrected chi connectivity index (χ0v) is 30.2. The minimum Gasteiger partial charge on any atom is -0.456 e. The van der Waals surface area contributed by atoms with E-state index in [1.54, 1.807) is 0 Å². The van der Waals surface area contributed by atoms with Crippen molar-refractivity contribution >= 4 is 65.7 Å². The van der Waals surface area contributed by atoms with E-state index in [0.717, 1.165) is 88.0 Å². The average molecular weight is 733 g/mol. The van der Waals surface area contributed by atoms with E-state index in [9.17, 15) is 0 Å². The van der Waals surface area contributed by atoms with E-state index in [-0.39, 0.29) is 0 Å². The van der Waals surface area contributed by atoms with Gasteiger partial charge in [-0.3, -0.25) is 0 Å². The van der Waals surface area contributed by atoms with Crippen LogP contribution in [0.15, 0.2) is 183 Å². The number of benzene rings is 8. The third-order valence-electron chi connectivity index (χ3n) is 10.8. The molecule has 4 aromatic heterocycles. The zero-order valence-electron chi connectivity index (χ0n) is 30.2. The maximum Gasteiger partial charge on any atom is 0.227 e. The number of para-hydroxylation sites is 2. The highest BCUT2D eigenvalue weighted by molar-refractivity contribution is 6.27. The standard InChI is InChI=1S/C50H28N4O3/c1-3-12-30(13-4-1)47-52-48(31-24-22-29(23-25-31)33-19-11-20-37-35-17-9-10-21-40(35)56-45(33)37)54-49(53-47)38-28-42-43(36-18-8-7-16-34(36)38)44-41(55-42)27-26-39-46(44)57-50(51-39)32-14-5-2-6-15-32/h1-28H. The molecule has 0 aliphatic rings. The van der Waals surface area contributed by atoms with Crippen LogP contribution >= 0.6 is 0 Å². The molecule has 12 rings (SSSR count). The van der Waals surface area contributed by atoms with Crippen LogP contribution in [0.2, 0.25) is 0 Å². The second-order valence-electron chi connectivity index (χ2n) is 14.1. The molecule has 0 atom stereocenters. The largest absolute Gasteiger partial charge is 0.456 e. The van der Waals surface area contributed by atoms with Crippen LogP contribution in [0.1, 0.15) is 0 Å². The van der Waals surface area contributed by atoms with Gasteiger partial charge in [0.2, 0.25) is 5.89 Å². The highest BCUT2D eigenvalue weighted by Gasteiger charge is 2.22.